The molecule has 0 bridgehead atoms. The molecule has 104 valence electrons. The van der Waals surface area contributed by atoms with Crippen LogP contribution < -0.4 is 10.1 Å². The van der Waals surface area contributed by atoms with Crippen molar-refractivity contribution in [1.82, 2.24) is 0 Å². The van der Waals surface area contributed by atoms with Gasteiger partial charge in [-0.2, -0.15) is 0 Å². The second-order valence-electron chi connectivity index (χ2n) is 4.22. The Balaban J connectivity index is 1.96. The molecule has 1 N–H and O–H groups in total. The van der Waals surface area contributed by atoms with Crippen molar-refractivity contribution in [1.29, 1.82) is 0 Å². The van der Waals surface area contributed by atoms with Gasteiger partial charge in [0.2, 0.25) is 0 Å². The fourth-order valence-corrected chi connectivity index (χ4v) is 1.86. The molecule has 2 aromatic carbocycles. The molecule has 0 aliphatic carbocycles. The molecule has 0 aliphatic heterocycles. The maximum Gasteiger partial charge on any atom is 0.146 e. The van der Waals surface area contributed by atoms with Gasteiger partial charge in [-0.25, -0.2) is 4.39 Å². The predicted octanol–water partition coefficient (Wildman–Crippen LogP) is 4.66. The molecule has 0 aliphatic rings. The van der Waals surface area contributed by atoms with Crippen molar-refractivity contribution in [2.75, 3.05) is 11.9 Å². The number of rotatable bonds is 6. The largest absolute Gasteiger partial charge is 0.490 e. The number of hydrogen-bond acceptors (Lipinski definition) is 2. The smallest absolute Gasteiger partial charge is 0.146 e. The minimum Gasteiger partial charge on any atom is -0.490 e. The third kappa shape index (κ3) is 4.00. The maximum atomic E-state index is 13.5. The van der Waals surface area contributed by atoms with Crippen LogP contribution in [0.25, 0.3) is 0 Å². The molecule has 4 heteroatoms. The van der Waals surface area contributed by atoms with Crippen LogP contribution in [-0.2, 0) is 6.54 Å². The number of hydrogen-bond donors (Lipinski definition) is 1. The molecule has 20 heavy (non-hydrogen) atoms. The SMILES string of the molecule is C=CCOc1ccc(CNc2cc(Cl)ccc2F)cc1. The molecule has 0 saturated heterocycles. The van der Waals surface area contributed by atoms with Crippen LogP contribution >= 0.6 is 11.6 Å². The van der Waals surface area contributed by atoms with Crippen LogP contribution in [-0.4, -0.2) is 6.61 Å². The minimum absolute atomic E-state index is 0.319. The van der Waals surface area contributed by atoms with E-state index >= 15 is 0 Å². The Hall–Kier alpha value is -2.00. The topological polar surface area (TPSA) is 21.3 Å². The highest BCUT2D eigenvalue weighted by atomic mass is 35.5. The maximum absolute atomic E-state index is 13.5. The van der Waals surface area contributed by atoms with Crippen molar-refractivity contribution in [2.24, 2.45) is 0 Å². The first-order valence-electron chi connectivity index (χ1n) is 6.20. The Morgan fingerprint density at radius 2 is 1.95 bits per heavy atom. The van der Waals surface area contributed by atoms with Crippen molar-refractivity contribution >= 4 is 17.3 Å². The highest BCUT2D eigenvalue weighted by Gasteiger charge is 2.02. The normalized spacial score (nSPS) is 10.1. The van der Waals surface area contributed by atoms with Crippen molar-refractivity contribution in [3.05, 3.63) is 71.5 Å². The summed E-state index contributed by atoms with van der Waals surface area (Å²) < 4.78 is 18.9. The van der Waals surface area contributed by atoms with Gasteiger partial charge in [0.15, 0.2) is 0 Å². The number of nitrogens with one attached hydrogen (secondary N) is 1. The first-order chi connectivity index (χ1) is 9.69. The standard InChI is InChI=1S/C16H15ClFNO/c1-2-9-20-14-6-3-12(4-7-14)11-19-16-10-13(17)5-8-15(16)18/h2-8,10,19H,1,9,11H2. The summed E-state index contributed by atoms with van der Waals surface area (Å²) in [6.45, 7) is 4.58. The van der Waals surface area contributed by atoms with Crippen LogP contribution in [0.5, 0.6) is 5.75 Å². The Morgan fingerprint density at radius 3 is 2.65 bits per heavy atom. The van der Waals surface area contributed by atoms with E-state index in [1.807, 2.05) is 24.3 Å². The first kappa shape index (κ1) is 14.4. The lowest BCUT2D eigenvalue weighted by atomic mass is 10.2. The number of ether oxygens (including phenoxy) is 1. The van der Waals surface area contributed by atoms with Gasteiger partial charge >= 0.3 is 0 Å². The van der Waals surface area contributed by atoms with E-state index in [1.165, 1.54) is 12.1 Å². The summed E-state index contributed by atoms with van der Waals surface area (Å²) >= 11 is 5.84. The summed E-state index contributed by atoms with van der Waals surface area (Å²) in [4.78, 5) is 0. The second kappa shape index (κ2) is 6.96. The number of halogens is 2. The minimum atomic E-state index is -0.319. The van der Waals surface area contributed by atoms with Crippen molar-refractivity contribution < 1.29 is 9.13 Å². The first-order valence-corrected chi connectivity index (χ1v) is 6.58. The molecule has 2 aromatic rings. The second-order valence-corrected chi connectivity index (χ2v) is 4.66. The quantitative estimate of drug-likeness (QED) is 0.782. The fraction of sp³-hybridized carbons (Fsp3) is 0.125. The lowest BCUT2D eigenvalue weighted by Gasteiger charge is -2.09. The van der Waals surface area contributed by atoms with Crippen molar-refractivity contribution in [3.8, 4) is 5.75 Å². The molecule has 0 atom stereocenters. The van der Waals surface area contributed by atoms with Crippen LogP contribution in [0.4, 0.5) is 10.1 Å². The van der Waals surface area contributed by atoms with E-state index < -0.39 is 0 Å². The van der Waals surface area contributed by atoms with Crippen LogP contribution in [0, 0.1) is 5.82 Å². The molecular formula is C16H15ClFNO. The highest BCUT2D eigenvalue weighted by Crippen LogP contribution is 2.20. The molecule has 0 radical (unpaired) electrons. The van der Waals surface area contributed by atoms with E-state index in [9.17, 15) is 4.39 Å². The zero-order valence-electron chi connectivity index (χ0n) is 10.9. The molecule has 0 heterocycles. The van der Waals surface area contributed by atoms with Gasteiger partial charge in [-0.3, -0.25) is 0 Å². The Bertz CT molecular complexity index is 584. The predicted molar refractivity (Wildman–Crippen MR) is 80.9 cm³/mol. The molecule has 0 fully saturated rings. The van der Waals surface area contributed by atoms with E-state index in [2.05, 4.69) is 11.9 Å². The molecule has 0 amide bonds. The van der Waals surface area contributed by atoms with E-state index in [0.29, 0.717) is 23.9 Å². The Kier molecular flexibility index (Phi) is 5.02. The summed E-state index contributed by atoms with van der Waals surface area (Å²) in [5.74, 6) is 0.461. The number of anilines is 1. The Morgan fingerprint density at radius 1 is 1.20 bits per heavy atom. The third-order valence-corrected chi connectivity index (χ3v) is 2.94. The van der Waals surface area contributed by atoms with E-state index in [1.54, 1.807) is 12.1 Å². The highest BCUT2D eigenvalue weighted by molar-refractivity contribution is 6.30. The van der Waals surface area contributed by atoms with Crippen molar-refractivity contribution in [2.45, 2.75) is 6.54 Å². The summed E-state index contributed by atoms with van der Waals surface area (Å²) in [5.41, 5.74) is 1.42. The molecule has 0 unspecified atom stereocenters. The van der Waals surface area contributed by atoms with Crippen LogP contribution in [0.1, 0.15) is 5.56 Å². The lowest BCUT2D eigenvalue weighted by Crippen LogP contribution is -2.01. The summed E-state index contributed by atoms with van der Waals surface area (Å²) in [7, 11) is 0. The fourth-order valence-electron chi connectivity index (χ4n) is 1.69. The molecule has 0 saturated carbocycles. The van der Waals surface area contributed by atoms with Gasteiger partial charge in [0.1, 0.15) is 18.2 Å². The zero-order chi connectivity index (χ0) is 14.4. The molecule has 2 rings (SSSR count). The van der Waals surface area contributed by atoms with Gasteiger partial charge in [0.25, 0.3) is 0 Å². The van der Waals surface area contributed by atoms with E-state index in [-0.39, 0.29) is 5.82 Å². The number of benzene rings is 2. The molecule has 0 aromatic heterocycles. The summed E-state index contributed by atoms with van der Waals surface area (Å²) in [6, 6.07) is 12.0. The molecule has 0 spiro atoms. The summed E-state index contributed by atoms with van der Waals surface area (Å²) in [5, 5.41) is 3.52. The van der Waals surface area contributed by atoms with Gasteiger partial charge in [-0.1, -0.05) is 36.4 Å². The molecular weight excluding hydrogens is 277 g/mol. The zero-order valence-corrected chi connectivity index (χ0v) is 11.7. The van der Waals surface area contributed by atoms with Crippen LogP contribution in [0.3, 0.4) is 0 Å². The molecule has 2 nitrogen and oxygen atoms in total. The van der Waals surface area contributed by atoms with E-state index in [0.717, 1.165) is 11.3 Å². The lowest BCUT2D eigenvalue weighted by molar-refractivity contribution is 0.363. The Labute approximate surface area is 122 Å². The van der Waals surface area contributed by atoms with Crippen LogP contribution in [0.2, 0.25) is 5.02 Å². The van der Waals surface area contributed by atoms with Gasteiger partial charge in [0, 0.05) is 11.6 Å². The van der Waals surface area contributed by atoms with Crippen molar-refractivity contribution in [3.63, 3.8) is 0 Å². The van der Waals surface area contributed by atoms with E-state index in [4.69, 9.17) is 16.3 Å². The average Bonchev–Trinajstić information content (AvgIpc) is 2.47. The summed E-state index contributed by atoms with van der Waals surface area (Å²) in [6.07, 6.45) is 1.69. The van der Waals surface area contributed by atoms with Crippen LogP contribution in [0.15, 0.2) is 55.1 Å². The van der Waals surface area contributed by atoms with Gasteiger partial charge in [-0.15, -0.1) is 0 Å². The third-order valence-electron chi connectivity index (χ3n) is 2.70. The van der Waals surface area contributed by atoms with Gasteiger partial charge in [-0.05, 0) is 35.9 Å². The van der Waals surface area contributed by atoms with Gasteiger partial charge < -0.3 is 10.1 Å². The van der Waals surface area contributed by atoms with Gasteiger partial charge in [0.05, 0.1) is 5.69 Å². The monoisotopic (exact) mass is 291 g/mol. The average molecular weight is 292 g/mol.